The Bertz CT molecular complexity index is 1460. The Morgan fingerprint density at radius 2 is 1.65 bits per heavy atom. The predicted octanol–water partition coefficient (Wildman–Crippen LogP) is 5.76. The molecule has 5 heteroatoms. The van der Waals surface area contributed by atoms with Crippen LogP contribution < -0.4 is 5.56 Å². The number of hydrogen-bond acceptors (Lipinski definition) is 3. The smallest absolute Gasteiger partial charge is 0.259 e. The van der Waals surface area contributed by atoms with Gasteiger partial charge in [0.05, 0.1) is 10.9 Å². The predicted molar refractivity (Wildman–Crippen MR) is 127 cm³/mol. The van der Waals surface area contributed by atoms with Crippen molar-refractivity contribution in [3.63, 3.8) is 0 Å². The summed E-state index contributed by atoms with van der Waals surface area (Å²) in [4.78, 5) is 22.5. The highest BCUT2D eigenvalue weighted by atomic mass is 35.5. The fourth-order valence-electron chi connectivity index (χ4n) is 4.43. The molecule has 0 N–H and O–H groups in total. The Morgan fingerprint density at radius 1 is 0.839 bits per heavy atom. The number of pyridine rings is 3. The summed E-state index contributed by atoms with van der Waals surface area (Å²) in [5.41, 5.74) is 4.09. The number of benzene rings is 2. The van der Waals surface area contributed by atoms with E-state index in [9.17, 15) is 4.79 Å². The average Bonchev–Trinajstić information content (AvgIpc) is 3.60. The number of rotatable bonds is 3. The van der Waals surface area contributed by atoms with Gasteiger partial charge in [0.25, 0.3) is 5.56 Å². The minimum absolute atomic E-state index is 0. The molecule has 6 rings (SSSR count). The van der Waals surface area contributed by atoms with E-state index in [4.69, 9.17) is 4.98 Å². The first-order valence-corrected chi connectivity index (χ1v) is 10.2. The summed E-state index contributed by atoms with van der Waals surface area (Å²) in [6.45, 7) is 0. The lowest BCUT2D eigenvalue weighted by molar-refractivity contribution is 0.688. The van der Waals surface area contributed by atoms with Crippen LogP contribution in [-0.2, 0) is 0 Å². The van der Waals surface area contributed by atoms with Gasteiger partial charge in [-0.2, -0.15) is 0 Å². The minimum Gasteiger partial charge on any atom is -0.311 e. The van der Waals surface area contributed by atoms with Gasteiger partial charge in [-0.1, -0.05) is 42.5 Å². The lowest BCUT2D eigenvalue weighted by Gasteiger charge is -2.11. The maximum absolute atomic E-state index is 13.5. The zero-order valence-electron chi connectivity index (χ0n) is 16.7. The van der Waals surface area contributed by atoms with E-state index >= 15 is 0 Å². The van der Waals surface area contributed by atoms with Gasteiger partial charge in [-0.05, 0) is 53.3 Å². The number of fused-ring (bicyclic) bond motifs is 2. The maximum atomic E-state index is 13.5. The van der Waals surface area contributed by atoms with Gasteiger partial charge < -0.3 is 4.57 Å². The Kier molecular flexibility index (Phi) is 4.79. The van der Waals surface area contributed by atoms with Crippen molar-refractivity contribution in [2.24, 2.45) is 0 Å². The van der Waals surface area contributed by atoms with Crippen LogP contribution in [0.5, 0.6) is 0 Å². The van der Waals surface area contributed by atoms with Crippen molar-refractivity contribution in [1.29, 1.82) is 0 Å². The van der Waals surface area contributed by atoms with Crippen molar-refractivity contribution in [3.8, 4) is 11.1 Å². The zero-order chi connectivity index (χ0) is 20.1. The molecule has 4 nitrogen and oxygen atoms in total. The lowest BCUT2D eigenvalue weighted by Crippen LogP contribution is -2.19. The number of aromatic nitrogens is 3. The van der Waals surface area contributed by atoms with Gasteiger partial charge in [-0.25, -0.2) is 0 Å². The normalized spacial score (nSPS) is 17.4. The maximum Gasteiger partial charge on any atom is 0.259 e. The van der Waals surface area contributed by atoms with Crippen LogP contribution in [0.15, 0.2) is 96.2 Å². The molecule has 3 heterocycles. The minimum atomic E-state index is 0. The van der Waals surface area contributed by atoms with Crippen LogP contribution in [0, 0.1) is 0 Å². The first kappa shape index (κ1) is 19.5. The van der Waals surface area contributed by atoms with Crippen molar-refractivity contribution < 1.29 is 0 Å². The highest BCUT2D eigenvalue weighted by Crippen LogP contribution is 2.50. The van der Waals surface area contributed by atoms with Crippen LogP contribution in [0.4, 0.5) is 0 Å². The second-order valence-corrected chi connectivity index (χ2v) is 7.87. The monoisotopic (exact) mass is 425 g/mol. The fourth-order valence-corrected chi connectivity index (χ4v) is 4.43. The molecular formula is C26H20ClN3O. The van der Waals surface area contributed by atoms with E-state index < -0.39 is 0 Å². The molecule has 152 valence electrons. The molecule has 2 aromatic carbocycles. The number of halogens is 1. The third-order valence-electron chi connectivity index (χ3n) is 6.06. The third kappa shape index (κ3) is 3.29. The number of nitrogens with zero attached hydrogens (tertiary/aromatic N) is 3. The molecule has 1 aliphatic rings. The van der Waals surface area contributed by atoms with Crippen LogP contribution in [0.3, 0.4) is 0 Å². The van der Waals surface area contributed by atoms with E-state index in [1.807, 2.05) is 65.4 Å². The van der Waals surface area contributed by atoms with Crippen LogP contribution in [-0.4, -0.2) is 14.5 Å². The zero-order valence-corrected chi connectivity index (χ0v) is 17.5. The molecule has 0 saturated heterocycles. The van der Waals surface area contributed by atoms with Gasteiger partial charge in [0.1, 0.15) is 0 Å². The molecular weight excluding hydrogens is 406 g/mol. The average molecular weight is 426 g/mol. The molecule has 0 aliphatic heterocycles. The lowest BCUT2D eigenvalue weighted by atomic mass is 10.0. The van der Waals surface area contributed by atoms with Crippen LogP contribution >= 0.6 is 12.4 Å². The van der Waals surface area contributed by atoms with Crippen molar-refractivity contribution in [3.05, 3.63) is 107 Å². The Balaban J connectivity index is 0.00000204. The quantitative estimate of drug-likeness (QED) is 0.369. The standard InChI is InChI=1S/C26H19N3O.ClH/c30-26-25-19(5-3-6-20(25)17-10-13-27-14-11-17)12-15-29(26)24-16-21(24)23-9-8-18-4-1-2-7-22(18)28-23;/h1-15,21,24H,16H2;1H/t21-,24-;/m1./s1. The largest absolute Gasteiger partial charge is 0.311 e. The van der Waals surface area contributed by atoms with Gasteiger partial charge in [0, 0.05) is 41.6 Å². The second-order valence-electron chi connectivity index (χ2n) is 7.87. The van der Waals surface area contributed by atoms with Crippen molar-refractivity contribution >= 4 is 34.1 Å². The summed E-state index contributed by atoms with van der Waals surface area (Å²) < 4.78 is 1.90. The highest BCUT2D eigenvalue weighted by molar-refractivity contribution is 5.95. The summed E-state index contributed by atoms with van der Waals surface area (Å²) >= 11 is 0. The Labute approximate surface area is 185 Å². The molecule has 3 aromatic heterocycles. The molecule has 0 spiro atoms. The first-order valence-electron chi connectivity index (χ1n) is 10.2. The summed E-state index contributed by atoms with van der Waals surface area (Å²) in [6, 6.07) is 24.5. The second kappa shape index (κ2) is 7.64. The number of hydrogen-bond donors (Lipinski definition) is 0. The SMILES string of the molecule is Cl.O=c1c2c(-c3ccncc3)cccc2ccn1[C@@H]1C[C@@H]1c1ccc2ccccc2n1. The van der Waals surface area contributed by atoms with E-state index in [-0.39, 0.29) is 29.9 Å². The van der Waals surface area contributed by atoms with Crippen LogP contribution in [0.25, 0.3) is 32.8 Å². The van der Waals surface area contributed by atoms with Gasteiger partial charge in [0.15, 0.2) is 0 Å². The van der Waals surface area contributed by atoms with Crippen LogP contribution in [0.2, 0.25) is 0 Å². The fraction of sp³-hybridized carbons (Fsp3) is 0.115. The number of para-hydroxylation sites is 1. The summed E-state index contributed by atoms with van der Waals surface area (Å²) in [5.74, 6) is 0.276. The third-order valence-corrected chi connectivity index (χ3v) is 6.06. The Hall–Kier alpha value is -3.50. The molecule has 31 heavy (non-hydrogen) atoms. The molecule has 0 radical (unpaired) electrons. The summed E-state index contributed by atoms with van der Waals surface area (Å²) in [6.07, 6.45) is 6.40. The first-order chi connectivity index (χ1) is 14.8. The topological polar surface area (TPSA) is 47.8 Å². The molecule has 0 bridgehead atoms. The highest BCUT2D eigenvalue weighted by Gasteiger charge is 2.41. The molecule has 0 amide bonds. The van der Waals surface area contributed by atoms with E-state index in [0.29, 0.717) is 0 Å². The van der Waals surface area contributed by atoms with Gasteiger partial charge >= 0.3 is 0 Å². The Morgan fingerprint density at radius 3 is 2.52 bits per heavy atom. The van der Waals surface area contributed by atoms with Gasteiger partial charge in [-0.15, -0.1) is 12.4 Å². The summed E-state index contributed by atoms with van der Waals surface area (Å²) in [5, 5.41) is 2.87. The summed E-state index contributed by atoms with van der Waals surface area (Å²) in [7, 11) is 0. The molecule has 2 atom stereocenters. The van der Waals surface area contributed by atoms with E-state index in [1.54, 1.807) is 12.4 Å². The molecule has 0 unspecified atom stereocenters. The molecule has 1 fully saturated rings. The van der Waals surface area contributed by atoms with E-state index in [2.05, 4.69) is 23.2 Å². The van der Waals surface area contributed by atoms with Crippen molar-refractivity contribution in [1.82, 2.24) is 14.5 Å². The molecule has 1 saturated carbocycles. The molecule has 5 aromatic rings. The van der Waals surface area contributed by atoms with Gasteiger partial charge in [-0.3, -0.25) is 14.8 Å². The van der Waals surface area contributed by atoms with Gasteiger partial charge in [0.2, 0.25) is 0 Å². The van der Waals surface area contributed by atoms with E-state index in [1.165, 1.54) is 0 Å². The van der Waals surface area contributed by atoms with E-state index in [0.717, 1.165) is 44.9 Å². The van der Waals surface area contributed by atoms with Crippen molar-refractivity contribution in [2.45, 2.75) is 18.4 Å². The molecule has 1 aliphatic carbocycles. The van der Waals surface area contributed by atoms with Crippen molar-refractivity contribution in [2.75, 3.05) is 0 Å². The van der Waals surface area contributed by atoms with Crippen LogP contribution in [0.1, 0.15) is 24.1 Å².